The van der Waals surface area contributed by atoms with E-state index in [1.54, 1.807) is 6.92 Å². The molecule has 5 heteroatoms. The molecule has 13 heavy (non-hydrogen) atoms. The molecule has 0 aliphatic heterocycles. The molecule has 2 N–H and O–H groups in total. The van der Waals surface area contributed by atoms with Gasteiger partial charge in [-0.1, -0.05) is 23.9 Å². The maximum absolute atomic E-state index is 5.56. The molecule has 0 radical (unpaired) electrons. The van der Waals surface area contributed by atoms with E-state index in [2.05, 4.69) is 16.8 Å². The van der Waals surface area contributed by atoms with Crippen LogP contribution in [0.1, 0.15) is 25.8 Å². The summed E-state index contributed by atoms with van der Waals surface area (Å²) in [5.41, 5.74) is 6.63. The first-order valence-electron chi connectivity index (χ1n) is 3.95. The van der Waals surface area contributed by atoms with Crippen molar-refractivity contribution in [2.45, 2.75) is 25.1 Å². The summed E-state index contributed by atoms with van der Waals surface area (Å²) < 4.78 is 5.27. The normalized spacial score (nSPS) is 12.8. The van der Waals surface area contributed by atoms with Crippen molar-refractivity contribution < 1.29 is 4.42 Å². The summed E-state index contributed by atoms with van der Waals surface area (Å²) >= 11 is 1.47. The second kappa shape index (κ2) is 4.43. The van der Waals surface area contributed by atoms with Gasteiger partial charge in [0.1, 0.15) is 0 Å². The van der Waals surface area contributed by atoms with Gasteiger partial charge in [-0.3, -0.25) is 0 Å². The molecule has 0 amide bonds. The number of rotatable bonds is 4. The van der Waals surface area contributed by atoms with E-state index >= 15 is 0 Å². The highest BCUT2D eigenvalue weighted by Crippen LogP contribution is 2.19. The molecular weight excluding hydrogens is 186 g/mol. The van der Waals surface area contributed by atoms with E-state index in [0.717, 1.165) is 11.3 Å². The SMILES string of the molecule is C=C(C)CSc1nnc(C(C)N)o1. The van der Waals surface area contributed by atoms with Crippen LogP contribution in [-0.2, 0) is 0 Å². The molecule has 0 aliphatic carbocycles. The van der Waals surface area contributed by atoms with E-state index in [-0.39, 0.29) is 6.04 Å². The van der Waals surface area contributed by atoms with Gasteiger partial charge in [-0.15, -0.1) is 10.2 Å². The van der Waals surface area contributed by atoms with Gasteiger partial charge in [-0.2, -0.15) is 0 Å². The predicted octanol–water partition coefficient (Wildman–Crippen LogP) is 1.76. The van der Waals surface area contributed by atoms with E-state index in [1.165, 1.54) is 11.8 Å². The van der Waals surface area contributed by atoms with E-state index < -0.39 is 0 Å². The van der Waals surface area contributed by atoms with Crippen LogP contribution in [0.5, 0.6) is 0 Å². The van der Waals surface area contributed by atoms with Gasteiger partial charge in [0.05, 0.1) is 6.04 Å². The number of thioether (sulfide) groups is 1. The number of hydrogen-bond acceptors (Lipinski definition) is 5. The van der Waals surface area contributed by atoms with Crippen molar-refractivity contribution in [3.8, 4) is 0 Å². The first-order valence-corrected chi connectivity index (χ1v) is 4.94. The molecule has 0 aliphatic rings. The van der Waals surface area contributed by atoms with Crippen LogP contribution >= 0.6 is 11.8 Å². The highest BCUT2D eigenvalue weighted by molar-refractivity contribution is 7.99. The molecule has 0 fully saturated rings. The topological polar surface area (TPSA) is 64.9 Å². The molecule has 0 saturated carbocycles. The molecule has 1 aromatic rings. The molecular formula is C8H13N3OS. The minimum atomic E-state index is -0.202. The highest BCUT2D eigenvalue weighted by Gasteiger charge is 2.09. The lowest BCUT2D eigenvalue weighted by molar-refractivity contribution is 0.394. The third-order valence-corrected chi connectivity index (χ3v) is 2.30. The van der Waals surface area contributed by atoms with E-state index in [9.17, 15) is 0 Å². The van der Waals surface area contributed by atoms with Crippen LogP contribution in [0.2, 0.25) is 0 Å². The fraction of sp³-hybridized carbons (Fsp3) is 0.500. The lowest BCUT2D eigenvalue weighted by atomic mass is 10.4. The standard InChI is InChI=1S/C8H13N3OS/c1-5(2)4-13-8-11-10-7(12-8)6(3)9/h6H,1,4,9H2,2-3H3. The van der Waals surface area contributed by atoms with Gasteiger partial charge in [0.2, 0.25) is 5.89 Å². The lowest BCUT2D eigenvalue weighted by Gasteiger charge is -1.95. The van der Waals surface area contributed by atoms with Crippen LogP contribution in [0.25, 0.3) is 0 Å². The van der Waals surface area contributed by atoms with Crippen LogP contribution in [-0.4, -0.2) is 16.0 Å². The molecule has 1 atom stereocenters. The first-order chi connectivity index (χ1) is 6.09. The van der Waals surface area contributed by atoms with E-state index in [0.29, 0.717) is 11.1 Å². The van der Waals surface area contributed by atoms with Crippen molar-refractivity contribution in [3.63, 3.8) is 0 Å². The predicted molar refractivity (Wildman–Crippen MR) is 52.4 cm³/mol. The molecule has 4 nitrogen and oxygen atoms in total. The summed E-state index contributed by atoms with van der Waals surface area (Å²) in [5.74, 6) is 1.27. The van der Waals surface area contributed by atoms with Crippen LogP contribution < -0.4 is 5.73 Å². The zero-order valence-electron chi connectivity index (χ0n) is 7.78. The monoisotopic (exact) mass is 199 g/mol. The number of nitrogens with zero attached hydrogens (tertiary/aromatic N) is 2. The van der Waals surface area contributed by atoms with Gasteiger partial charge in [-0.05, 0) is 13.8 Å². The van der Waals surface area contributed by atoms with Crippen molar-refractivity contribution in [2.75, 3.05) is 5.75 Å². The zero-order valence-corrected chi connectivity index (χ0v) is 8.60. The third-order valence-electron chi connectivity index (χ3n) is 1.25. The summed E-state index contributed by atoms with van der Waals surface area (Å²) in [5, 5.41) is 8.19. The van der Waals surface area contributed by atoms with Gasteiger partial charge < -0.3 is 10.2 Å². The Hall–Kier alpha value is -0.810. The fourth-order valence-electron chi connectivity index (χ4n) is 0.648. The quantitative estimate of drug-likeness (QED) is 0.591. The minimum absolute atomic E-state index is 0.202. The molecule has 1 heterocycles. The fourth-order valence-corrected chi connectivity index (χ4v) is 1.26. The van der Waals surface area contributed by atoms with Crippen molar-refractivity contribution in [1.29, 1.82) is 0 Å². The largest absolute Gasteiger partial charge is 0.414 e. The summed E-state index contributed by atoms with van der Waals surface area (Å²) in [6.07, 6.45) is 0. The van der Waals surface area contributed by atoms with E-state index in [1.807, 2.05) is 6.92 Å². The third kappa shape index (κ3) is 3.20. The van der Waals surface area contributed by atoms with Gasteiger partial charge >= 0.3 is 0 Å². The summed E-state index contributed by atoms with van der Waals surface area (Å²) in [6, 6.07) is -0.202. The van der Waals surface area contributed by atoms with Gasteiger partial charge in [0.15, 0.2) is 0 Å². The smallest absolute Gasteiger partial charge is 0.276 e. The van der Waals surface area contributed by atoms with Crippen LogP contribution in [0.15, 0.2) is 21.8 Å². The lowest BCUT2D eigenvalue weighted by Crippen LogP contribution is -2.04. The van der Waals surface area contributed by atoms with Gasteiger partial charge in [0.25, 0.3) is 5.22 Å². The van der Waals surface area contributed by atoms with Crippen molar-refractivity contribution in [3.05, 3.63) is 18.0 Å². The van der Waals surface area contributed by atoms with Crippen molar-refractivity contribution in [1.82, 2.24) is 10.2 Å². The summed E-state index contributed by atoms with van der Waals surface area (Å²) in [7, 11) is 0. The molecule has 1 rings (SSSR count). The summed E-state index contributed by atoms with van der Waals surface area (Å²) in [6.45, 7) is 7.54. The molecule has 0 bridgehead atoms. The first kappa shape index (κ1) is 10.3. The van der Waals surface area contributed by atoms with Crippen LogP contribution in [0.4, 0.5) is 0 Å². The maximum atomic E-state index is 5.56. The number of aromatic nitrogens is 2. The Morgan fingerprint density at radius 3 is 2.85 bits per heavy atom. The molecule has 0 spiro atoms. The number of hydrogen-bond donors (Lipinski definition) is 1. The Morgan fingerprint density at radius 1 is 1.69 bits per heavy atom. The number of nitrogens with two attached hydrogens (primary N) is 1. The van der Waals surface area contributed by atoms with Gasteiger partial charge in [-0.25, -0.2) is 0 Å². The average molecular weight is 199 g/mol. The van der Waals surface area contributed by atoms with Crippen LogP contribution in [0.3, 0.4) is 0 Å². The minimum Gasteiger partial charge on any atom is -0.414 e. The average Bonchev–Trinajstić information content (AvgIpc) is 2.48. The molecule has 0 saturated heterocycles. The second-order valence-corrected chi connectivity index (χ2v) is 3.87. The van der Waals surface area contributed by atoms with Crippen molar-refractivity contribution in [2.24, 2.45) is 5.73 Å². The molecule has 1 aromatic heterocycles. The van der Waals surface area contributed by atoms with Crippen molar-refractivity contribution >= 4 is 11.8 Å². The zero-order chi connectivity index (χ0) is 9.84. The van der Waals surface area contributed by atoms with Crippen LogP contribution in [0, 0.1) is 0 Å². The summed E-state index contributed by atoms with van der Waals surface area (Å²) in [4.78, 5) is 0. The molecule has 1 unspecified atom stereocenters. The Balaban J connectivity index is 2.54. The molecule has 72 valence electrons. The Bertz CT molecular complexity index is 295. The maximum Gasteiger partial charge on any atom is 0.276 e. The van der Waals surface area contributed by atoms with Gasteiger partial charge in [0, 0.05) is 5.75 Å². The Morgan fingerprint density at radius 2 is 2.38 bits per heavy atom. The molecule has 0 aromatic carbocycles. The Kier molecular flexibility index (Phi) is 3.50. The highest BCUT2D eigenvalue weighted by atomic mass is 32.2. The second-order valence-electron chi connectivity index (χ2n) is 2.94. The Labute approximate surface area is 81.6 Å². The van der Waals surface area contributed by atoms with E-state index in [4.69, 9.17) is 10.2 Å².